The minimum absolute atomic E-state index is 0.101. The molecule has 0 spiro atoms. The molecule has 0 fully saturated rings. The summed E-state index contributed by atoms with van der Waals surface area (Å²) in [5.74, 6) is -0.795. The average Bonchev–Trinajstić information content (AvgIpc) is 2.67. The molecule has 0 aliphatic carbocycles. The fraction of sp³-hybridized carbons (Fsp3) is 0.368. The third kappa shape index (κ3) is 4.05. The molecule has 2 atom stereocenters. The zero-order valence-corrected chi connectivity index (χ0v) is 16.0. The van der Waals surface area contributed by atoms with Gasteiger partial charge in [0.1, 0.15) is 11.4 Å². The van der Waals surface area contributed by atoms with Gasteiger partial charge in [0.2, 0.25) is 5.12 Å². The maximum absolute atomic E-state index is 12.8. The fourth-order valence-corrected chi connectivity index (χ4v) is 3.81. The lowest BCUT2D eigenvalue weighted by atomic mass is 9.95. The van der Waals surface area contributed by atoms with E-state index >= 15 is 0 Å². The van der Waals surface area contributed by atoms with E-state index in [4.69, 9.17) is 4.74 Å². The Morgan fingerprint density at radius 2 is 2.04 bits per heavy atom. The number of rotatable bonds is 5. The predicted octanol–water partition coefficient (Wildman–Crippen LogP) is 3.15. The van der Waals surface area contributed by atoms with Gasteiger partial charge in [-0.15, -0.1) is 0 Å². The highest BCUT2D eigenvalue weighted by atomic mass is 32.2. The molecule has 8 heteroatoms. The van der Waals surface area contributed by atoms with Crippen molar-refractivity contribution in [3.63, 3.8) is 0 Å². The number of nitrogens with one attached hydrogen (secondary N) is 1. The maximum atomic E-state index is 12.8. The molecule has 3 rings (SSSR count). The van der Waals surface area contributed by atoms with Crippen molar-refractivity contribution in [1.29, 1.82) is 0 Å². The van der Waals surface area contributed by atoms with E-state index in [-0.39, 0.29) is 23.3 Å². The lowest BCUT2D eigenvalue weighted by Gasteiger charge is -2.29. The summed E-state index contributed by atoms with van der Waals surface area (Å²) in [6.07, 6.45) is 2.48. The number of nitrogens with zero attached hydrogens (tertiary/aromatic N) is 2. The Balaban J connectivity index is 1.85. The molecule has 2 unspecified atom stereocenters. The van der Waals surface area contributed by atoms with E-state index in [1.165, 1.54) is 10.8 Å². The Bertz CT molecular complexity index is 898. The number of ether oxygens (including phenoxy) is 1. The lowest BCUT2D eigenvalue weighted by molar-refractivity contribution is -0.112. The number of fused-ring (bicyclic) bond motifs is 1. The summed E-state index contributed by atoms with van der Waals surface area (Å²) in [7, 11) is 0. The SMILES string of the molecule is CCOC(=O)c1cnc2n(c1=O)C(C)CCC2C(=O)SNc1ccccc1. The Morgan fingerprint density at radius 1 is 1.30 bits per heavy atom. The number of hydrogen-bond donors (Lipinski definition) is 1. The molecule has 0 bridgehead atoms. The molecule has 1 N–H and O–H groups in total. The van der Waals surface area contributed by atoms with Crippen molar-refractivity contribution in [3.8, 4) is 0 Å². The Labute approximate surface area is 161 Å². The first-order valence-corrected chi connectivity index (χ1v) is 9.64. The van der Waals surface area contributed by atoms with Gasteiger partial charge in [0.25, 0.3) is 5.56 Å². The van der Waals surface area contributed by atoms with Gasteiger partial charge in [-0.05, 0) is 38.8 Å². The molecule has 1 aromatic heterocycles. The van der Waals surface area contributed by atoms with Crippen molar-refractivity contribution in [2.75, 3.05) is 11.3 Å². The fourth-order valence-electron chi connectivity index (χ4n) is 3.09. The molecule has 0 saturated carbocycles. The van der Waals surface area contributed by atoms with Gasteiger partial charge in [0.15, 0.2) is 0 Å². The molecule has 142 valence electrons. The number of aromatic nitrogens is 2. The van der Waals surface area contributed by atoms with Crippen LogP contribution in [-0.2, 0) is 9.53 Å². The standard InChI is InChI=1S/C19H21N3O4S/c1-3-26-18(24)15-11-20-16-14(10-9-12(2)22(16)17(15)23)19(25)27-21-13-7-5-4-6-8-13/h4-8,11-12,14,21H,3,9-10H2,1-2H3. The van der Waals surface area contributed by atoms with Crippen LogP contribution >= 0.6 is 11.9 Å². The second kappa shape index (κ2) is 8.39. The Hall–Kier alpha value is -2.61. The van der Waals surface area contributed by atoms with Gasteiger partial charge in [0.05, 0.1) is 12.5 Å². The predicted molar refractivity (Wildman–Crippen MR) is 104 cm³/mol. The van der Waals surface area contributed by atoms with Crippen LogP contribution in [0.15, 0.2) is 41.3 Å². The molecule has 0 radical (unpaired) electrons. The van der Waals surface area contributed by atoms with Crippen molar-refractivity contribution in [2.24, 2.45) is 0 Å². The van der Waals surface area contributed by atoms with Crippen molar-refractivity contribution >= 4 is 28.7 Å². The van der Waals surface area contributed by atoms with E-state index in [0.29, 0.717) is 18.7 Å². The van der Waals surface area contributed by atoms with Crippen molar-refractivity contribution in [2.45, 2.75) is 38.6 Å². The highest BCUT2D eigenvalue weighted by Gasteiger charge is 2.33. The van der Waals surface area contributed by atoms with Crippen LogP contribution in [0.4, 0.5) is 5.69 Å². The summed E-state index contributed by atoms with van der Waals surface area (Å²) < 4.78 is 9.41. The normalized spacial score (nSPS) is 18.4. The number of carbonyl (C=O) groups excluding carboxylic acids is 2. The maximum Gasteiger partial charge on any atom is 0.345 e. The molecule has 27 heavy (non-hydrogen) atoms. The molecule has 2 heterocycles. The summed E-state index contributed by atoms with van der Waals surface area (Å²) in [6, 6.07) is 9.25. The van der Waals surface area contributed by atoms with Crippen LogP contribution in [0.25, 0.3) is 0 Å². The van der Waals surface area contributed by atoms with Crippen LogP contribution < -0.4 is 10.3 Å². The van der Waals surface area contributed by atoms with Gasteiger partial charge < -0.3 is 9.46 Å². The number of benzene rings is 1. The number of carbonyl (C=O) groups is 2. The van der Waals surface area contributed by atoms with Crippen LogP contribution in [-0.4, -0.2) is 27.2 Å². The third-order valence-electron chi connectivity index (χ3n) is 4.47. The van der Waals surface area contributed by atoms with Gasteiger partial charge >= 0.3 is 5.97 Å². The highest BCUT2D eigenvalue weighted by Crippen LogP contribution is 2.34. The van der Waals surface area contributed by atoms with Crippen molar-refractivity contribution in [3.05, 3.63) is 58.3 Å². The van der Waals surface area contributed by atoms with Crippen LogP contribution in [0.5, 0.6) is 0 Å². The van der Waals surface area contributed by atoms with E-state index in [2.05, 4.69) is 9.71 Å². The second-order valence-corrected chi connectivity index (χ2v) is 7.10. The topological polar surface area (TPSA) is 90.3 Å². The number of hydrogen-bond acceptors (Lipinski definition) is 7. The second-order valence-electron chi connectivity index (χ2n) is 6.29. The molecule has 2 aromatic rings. The number of para-hydroxylation sites is 1. The average molecular weight is 387 g/mol. The largest absolute Gasteiger partial charge is 0.462 e. The molecule has 1 aliphatic rings. The summed E-state index contributed by atoms with van der Waals surface area (Å²) in [4.78, 5) is 41.8. The first-order valence-electron chi connectivity index (χ1n) is 8.83. The minimum atomic E-state index is -0.689. The monoisotopic (exact) mass is 387 g/mol. The van der Waals surface area contributed by atoms with Gasteiger partial charge in [-0.3, -0.25) is 14.2 Å². The minimum Gasteiger partial charge on any atom is -0.462 e. The first-order chi connectivity index (χ1) is 13.0. The van der Waals surface area contributed by atoms with Crippen LogP contribution in [0, 0.1) is 0 Å². The molecule has 7 nitrogen and oxygen atoms in total. The van der Waals surface area contributed by atoms with Gasteiger partial charge in [0, 0.05) is 29.9 Å². The van der Waals surface area contributed by atoms with E-state index in [0.717, 1.165) is 17.6 Å². The smallest absolute Gasteiger partial charge is 0.345 e. The van der Waals surface area contributed by atoms with E-state index in [1.54, 1.807) is 6.92 Å². The van der Waals surface area contributed by atoms with E-state index in [1.807, 2.05) is 37.3 Å². The highest BCUT2D eigenvalue weighted by molar-refractivity contribution is 8.14. The Morgan fingerprint density at radius 3 is 2.74 bits per heavy atom. The number of anilines is 1. The van der Waals surface area contributed by atoms with Crippen LogP contribution in [0.3, 0.4) is 0 Å². The molecular formula is C19H21N3O4S. The molecule has 0 saturated heterocycles. The van der Waals surface area contributed by atoms with Gasteiger partial charge in [-0.1, -0.05) is 18.2 Å². The van der Waals surface area contributed by atoms with E-state index < -0.39 is 17.4 Å². The zero-order chi connectivity index (χ0) is 19.4. The molecule has 1 aliphatic heterocycles. The quantitative estimate of drug-likeness (QED) is 0.622. The summed E-state index contributed by atoms with van der Waals surface area (Å²) in [5, 5.41) is -0.115. The van der Waals surface area contributed by atoms with Crippen molar-refractivity contribution < 1.29 is 14.3 Å². The third-order valence-corrected chi connectivity index (χ3v) is 5.29. The van der Waals surface area contributed by atoms with Crippen molar-refractivity contribution in [1.82, 2.24) is 9.55 Å². The lowest BCUT2D eigenvalue weighted by Crippen LogP contribution is -2.37. The van der Waals surface area contributed by atoms with Gasteiger partial charge in [-0.25, -0.2) is 9.78 Å². The summed E-state index contributed by atoms with van der Waals surface area (Å²) in [6.45, 7) is 3.74. The van der Waals surface area contributed by atoms with E-state index in [9.17, 15) is 14.4 Å². The van der Waals surface area contributed by atoms with Gasteiger partial charge in [-0.2, -0.15) is 0 Å². The van der Waals surface area contributed by atoms with Crippen LogP contribution in [0.1, 0.15) is 54.8 Å². The molecule has 1 aromatic carbocycles. The Kier molecular flexibility index (Phi) is 5.95. The number of esters is 1. The summed E-state index contributed by atoms with van der Waals surface area (Å²) in [5.41, 5.74) is 0.267. The zero-order valence-electron chi connectivity index (χ0n) is 15.2. The molecular weight excluding hydrogens is 366 g/mol. The molecule has 0 amide bonds. The first kappa shape index (κ1) is 19.2. The summed E-state index contributed by atoms with van der Waals surface area (Å²) >= 11 is 0.989. The van der Waals surface area contributed by atoms with Crippen LogP contribution in [0.2, 0.25) is 0 Å².